The van der Waals surface area contributed by atoms with Crippen molar-refractivity contribution in [1.29, 1.82) is 0 Å². The van der Waals surface area contributed by atoms with Gasteiger partial charge < -0.3 is 16.0 Å². The summed E-state index contributed by atoms with van der Waals surface area (Å²) in [6.45, 7) is 3.41. The first-order chi connectivity index (χ1) is 11.2. The van der Waals surface area contributed by atoms with Crippen molar-refractivity contribution in [2.75, 3.05) is 13.6 Å². The average molecular weight is 316 g/mol. The lowest BCUT2D eigenvalue weighted by atomic mass is 10.1. The smallest absolute Gasteiger partial charge is 0.221 e. The molecule has 0 radical (unpaired) electrons. The molecule has 0 atom stereocenters. The van der Waals surface area contributed by atoms with Crippen LogP contribution in [0.2, 0.25) is 0 Å². The molecule has 2 rings (SSSR count). The summed E-state index contributed by atoms with van der Waals surface area (Å²) >= 11 is 0. The molecule has 0 unspecified atom stereocenters. The van der Waals surface area contributed by atoms with Crippen molar-refractivity contribution in [3.63, 3.8) is 0 Å². The van der Waals surface area contributed by atoms with Crippen molar-refractivity contribution < 1.29 is 4.79 Å². The summed E-state index contributed by atoms with van der Waals surface area (Å²) in [5.74, 6) is 0.848. The van der Waals surface area contributed by atoms with Crippen molar-refractivity contribution in [3.8, 4) is 0 Å². The lowest BCUT2D eigenvalue weighted by Gasteiger charge is -2.14. The largest absolute Gasteiger partial charge is 0.356 e. The quantitative estimate of drug-likeness (QED) is 0.556. The minimum absolute atomic E-state index is 0.124. The van der Waals surface area contributed by atoms with Crippen molar-refractivity contribution in [3.05, 3.63) is 35.4 Å². The maximum absolute atomic E-state index is 11.9. The van der Waals surface area contributed by atoms with Gasteiger partial charge in [0.05, 0.1) is 0 Å². The van der Waals surface area contributed by atoms with E-state index in [1.165, 1.54) is 24.0 Å². The molecule has 5 heteroatoms. The van der Waals surface area contributed by atoms with Crippen LogP contribution in [-0.4, -0.2) is 31.5 Å². The summed E-state index contributed by atoms with van der Waals surface area (Å²) in [5, 5.41) is 9.57. The number of amides is 1. The van der Waals surface area contributed by atoms with Gasteiger partial charge in [-0.1, -0.05) is 37.1 Å². The number of benzene rings is 1. The van der Waals surface area contributed by atoms with Crippen molar-refractivity contribution in [1.82, 2.24) is 16.0 Å². The maximum atomic E-state index is 11.9. The van der Waals surface area contributed by atoms with Crippen LogP contribution in [0.5, 0.6) is 0 Å². The number of carbonyl (C=O) groups excluding carboxylic acids is 1. The molecule has 0 saturated heterocycles. The zero-order chi connectivity index (χ0) is 16.5. The number of carbonyl (C=O) groups is 1. The third-order valence-electron chi connectivity index (χ3n) is 4.30. The Hall–Kier alpha value is -2.04. The predicted molar refractivity (Wildman–Crippen MR) is 94.4 cm³/mol. The Kier molecular flexibility index (Phi) is 6.91. The molecule has 0 aliphatic heterocycles. The summed E-state index contributed by atoms with van der Waals surface area (Å²) < 4.78 is 0. The summed E-state index contributed by atoms with van der Waals surface area (Å²) in [6.07, 6.45) is 5.19. The number of hydrogen-bond donors (Lipinski definition) is 3. The van der Waals surface area contributed by atoms with Crippen LogP contribution in [0, 0.1) is 6.92 Å². The second kappa shape index (κ2) is 9.18. The molecule has 1 aliphatic carbocycles. The molecule has 1 aromatic rings. The minimum Gasteiger partial charge on any atom is -0.356 e. The topological polar surface area (TPSA) is 65.5 Å². The average Bonchev–Trinajstić information content (AvgIpc) is 3.05. The highest BCUT2D eigenvalue weighted by molar-refractivity contribution is 5.81. The normalized spacial score (nSPS) is 15.5. The van der Waals surface area contributed by atoms with E-state index in [0.29, 0.717) is 19.0 Å². The van der Waals surface area contributed by atoms with Gasteiger partial charge in [-0.25, -0.2) is 0 Å². The number of nitrogens with zero attached hydrogens (tertiary/aromatic N) is 1. The van der Waals surface area contributed by atoms with E-state index in [1.54, 1.807) is 7.05 Å². The fraction of sp³-hybridized carbons (Fsp3) is 0.556. The van der Waals surface area contributed by atoms with Gasteiger partial charge in [0.2, 0.25) is 5.91 Å². The molecule has 1 saturated carbocycles. The maximum Gasteiger partial charge on any atom is 0.221 e. The molecule has 0 heterocycles. The van der Waals surface area contributed by atoms with Gasteiger partial charge in [-0.15, -0.1) is 0 Å². The Labute approximate surface area is 139 Å². The molecular formula is C18H28N4O. The van der Waals surface area contributed by atoms with Gasteiger partial charge in [-0.2, -0.15) is 0 Å². The Bertz CT molecular complexity index is 536. The zero-order valence-electron chi connectivity index (χ0n) is 14.2. The van der Waals surface area contributed by atoms with Crippen LogP contribution in [0.15, 0.2) is 29.3 Å². The summed E-state index contributed by atoms with van der Waals surface area (Å²) in [4.78, 5) is 16.1. The van der Waals surface area contributed by atoms with Crippen LogP contribution in [-0.2, 0) is 11.3 Å². The van der Waals surface area contributed by atoms with Gasteiger partial charge >= 0.3 is 0 Å². The molecule has 0 bridgehead atoms. The van der Waals surface area contributed by atoms with Crippen LogP contribution in [0.3, 0.4) is 0 Å². The van der Waals surface area contributed by atoms with Crippen LogP contribution < -0.4 is 16.0 Å². The van der Waals surface area contributed by atoms with Gasteiger partial charge in [0.1, 0.15) is 0 Å². The highest BCUT2D eigenvalue weighted by Gasteiger charge is 2.16. The SMILES string of the molecule is CN=C(NCCC(=O)NC1CCCC1)NCc1ccccc1C. The second-order valence-corrected chi connectivity index (χ2v) is 6.08. The third-order valence-corrected chi connectivity index (χ3v) is 4.30. The van der Waals surface area contributed by atoms with Crippen molar-refractivity contribution in [2.45, 2.75) is 51.6 Å². The van der Waals surface area contributed by atoms with E-state index in [2.05, 4.69) is 40.0 Å². The third kappa shape index (κ3) is 5.93. The number of rotatable bonds is 6. The highest BCUT2D eigenvalue weighted by atomic mass is 16.1. The van der Waals surface area contributed by atoms with Gasteiger partial charge in [-0.3, -0.25) is 9.79 Å². The van der Waals surface area contributed by atoms with Crippen molar-refractivity contribution in [2.24, 2.45) is 4.99 Å². The fourth-order valence-electron chi connectivity index (χ4n) is 2.87. The number of aryl methyl sites for hydroxylation is 1. The Morgan fingerprint density at radius 3 is 2.65 bits per heavy atom. The Morgan fingerprint density at radius 2 is 1.96 bits per heavy atom. The number of guanidine groups is 1. The molecule has 1 aromatic carbocycles. The Balaban J connectivity index is 1.66. The molecule has 1 fully saturated rings. The van der Waals surface area contributed by atoms with Crippen LogP contribution >= 0.6 is 0 Å². The molecule has 1 aliphatic rings. The number of aliphatic imine (C=N–C) groups is 1. The van der Waals surface area contributed by atoms with Gasteiger partial charge in [0.25, 0.3) is 0 Å². The molecule has 5 nitrogen and oxygen atoms in total. The van der Waals surface area contributed by atoms with E-state index >= 15 is 0 Å². The van der Waals surface area contributed by atoms with E-state index < -0.39 is 0 Å². The van der Waals surface area contributed by atoms with E-state index in [1.807, 2.05) is 12.1 Å². The monoisotopic (exact) mass is 316 g/mol. The molecule has 0 spiro atoms. The van der Waals surface area contributed by atoms with E-state index in [4.69, 9.17) is 0 Å². The first kappa shape index (κ1) is 17.3. The lowest BCUT2D eigenvalue weighted by Crippen LogP contribution is -2.40. The van der Waals surface area contributed by atoms with E-state index in [9.17, 15) is 4.79 Å². The summed E-state index contributed by atoms with van der Waals surface area (Å²) in [6, 6.07) is 8.66. The van der Waals surface area contributed by atoms with Crippen LogP contribution in [0.1, 0.15) is 43.2 Å². The fourth-order valence-corrected chi connectivity index (χ4v) is 2.87. The van der Waals surface area contributed by atoms with Gasteiger partial charge in [-0.05, 0) is 30.9 Å². The molecule has 1 amide bonds. The lowest BCUT2D eigenvalue weighted by molar-refractivity contribution is -0.121. The van der Waals surface area contributed by atoms with Crippen LogP contribution in [0.25, 0.3) is 0 Å². The Morgan fingerprint density at radius 1 is 1.22 bits per heavy atom. The van der Waals surface area contributed by atoms with Crippen molar-refractivity contribution >= 4 is 11.9 Å². The zero-order valence-corrected chi connectivity index (χ0v) is 14.2. The molecule has 0 aromatic heterocycles. The molecular weight excluding hydrogens is 288 g/mol. The van der Waals surface area contributed by atoms with Gasteiger partial charge in [0.15, 0.2) is 5.96 Å². The summed E-state index contributed by atoms with van der Waals surface area (Å²) in [5.41, 5.74) is 2.50. The molecule has 126 valence electrons. The number of hydrogen-bond acceptors (Lipinski definition) is 2. The number of nitrogens with one attached hydrogen (secondary N) is 3. The predicted octanol–water partition coefficient (Wildman–Crippen LogP) is 2.11. The second-order valence-electron chi connectivity index (χ2n) is 6.08. The molecule has 3 N–H and O–H groups in total. The first-order valence-corrected chi connectivity index (χ1v) is 8.47. The first-order valence-electron chi connectivity index (χ1n) is 8.47. The van der Waals surface area contributed by atoms with Crippen LogP contribution in [0.4, 0.5) is 0 Å². The molecule has 23 heavy (non-hydrogen) atoms. The van der Waals surface area contributed by atoms with Gasteiger partial charge in [0, 0.05) is 32.6 Å². The van der Waals surface area contributed by atoms with E-state index in [-0.39, 0.29) is 5.91 Å². The standard InChI is InChI=1S/C18H28N4O/c1-14-7-3-4-8-15(14)13-21-18(19-2)20-12-11-17(23)22-16-9-5-6-10-16/h3-4,7-8,16H,5-6,9-13H2,1-2H3,(H,22,23)(H2,19,20,21). The van der Waals surface area contributed by atoms with E-state index in [0.717, 1.165) is 25.3 Å². The summed E-state index contributed by atoms with van der Waals surface area (Å²) in [7, 11) is 1.74. The minimum atomic E-state index is 0.124. The highest BCUT2D eigenvalue weighted by Crippen LogP contribution is 2.17.